The topological polar surface area (TPSA) is 26.1 Å². The fourth-order valence-corrected chi connectivity index (χ4v) is 1.04. The average molecular weight is 141 g/mol. The second kappa shape index (κ2) is 3.94. The Kier molecular flexibility index (Phi) is 3.16. The van der Waals surface area contributed by atoms with Gasteiger partial charge in [-0.1, -0.05) is 13.8 Å². The lowest BCUT2D eigenvalue weighted by Gasteiger charge is -2.14. The van der Waals surface area contributed by atoms with Crippen molar-refractivity contribution in [3.63, 3.8) is 0 Å². The molecule has 1 rings (SSSR count). The van der Waals surface area contributed by atoms with E-state index in [0.29, 0.717) is 6.17 Å². The summed E-state index contributed by atoms with van der Waals surface area (Å²) in [6.45, 7) is 5.22. The summed E-state index contributed by atoms with van der Waals surface area (Å²) < 4.78 is 0. The first-order valence-corrected chi connectivity index (χ1v) is 4.29. The van der Waals surface area contributed by atoms with E-state index in [9.17, 15) is 0 Å². The van der Waals surface area contributed by atoms with Crippen molar-refractivity contribution in [2.45, 2.75) is 45.3 Å². The van der Waals surface area contributed by atoms with Crippen molar-refractivity contribution in [3.8, 4) is 0 Å². The normalized spacial score (nSPS) is 21.0. The second-order valence-corrected chi connectivity index (χ2v) is 2.86. The van der Waals surface area contributed by atoms with Gasteiger partial charge in [-0.3, -0.25) is 5.32 Å². The Labute approximate surface area is 63.4 Å². The maximum absolute atomic E-state index is 4.41. The molecule has 2 nitrogen and oxygen atoms in total. The first-order chi connectivity index (χ1) is 4.86. The highest BCUT2D eigenvalue weighted by Crippen LogP contribution is 2.19. The van der Waals surface area contributed by atoms with Crippen LogP contribution in [-0.4, -0.2) is 18.8 Å². The summed E-state index contributed by atoms with van der Waals surface area (Å²) in [7, 11) is 0. The van der Waals surface area contributed by atoms with Gasteiger partial charge >= 0.3 is 0 Å². The Morgan fingerprint density at radius 1 is 1.50 bits per heavy atom. The van der Waals surface area contributed by atoms with Crippen LogP contribution >= 0.6 is 0 Å². The maximum Gasteiger partial charge on any atom is 0.0735 e. The third-order valence-electron chi connectivity index (χ3n) is 1.80. The van der Waals surface area contributed by atoms with E-state index < -0.39 is 0 Å². The molecule has 0 aromatic heterocycles. The van der Waals surface area contributed by atoms with Crippen LogP contribution in [0.5, 0.6) is 0 Å². The van der Waals surface area contributed by atoms with Crippen molar-refractivity contribution in [2.75, 3.05) is 6.54 Å². The zero-order valence-corrected chi connectivity index (χ0v) is 6.93. The van der Waals surface area contributed by atoms with Gasteiger partial charge in [0.15, 0.2) is 0 Å². The van der Waals surface area contributed by atoms with Crippen LogP contribution in [0.3, 0.4) is 0 Å². The predicted molar refractivity (Wildman–Crippen MR) is 42.9 cm³/mol. The van der Waals surface area contributed by atoms with Crippen molar-refractivity contribution in [2.24, 2.45) is 0 Å². The fraction of sp³-hybridized carbons (Fsp3) is 1.00. The molecule has 1 radical (unpaired) electrons. The molecule has 0 aliphatic heterocycles. The van der Waals surface area contributed by atoms with Gasteiger partial charge in [-0.05, 0) is 19.3 Å². The Bertz CT molecular complexity index is 89.3. The molecule has 0 spiro atoms. The SMILES string of the molecule is CC[N]C(CC)NC1CC1. The minimum absolute atomic E-state index is 0.428. The van der Waals surface area contributed by atoms with Crippen LogP contribution < -0.4 is 10.6 Å². The van der Waals surface area contributed by atoms with Gasteiger partial charge in [-0.2, -0.15) is 0 Å². The van der Waals surface area contributed by atoms with E-state index >= 15 is 0 Å². The lowest BCUT2D eigenvalue weighted by molar-refractivity contribution is 0.412. The largest absolute Gasteiger partial charge is 0.298 e. The van der Waals surface area contributed by atoms with Crippen molar-refractivity contribution in [3.05, 3.63) is 0 Å². The Morgan fingerprint density at radius 2 is 2.20 bits per heavy atom. The Morgan fingerprint density at radius 3 is 2.60 bits per heavy atom. The molecule has 59 valence electrons. The lowest BCUT2D eigenvalue weighted by Crippen LogP contribution is -2.38. The van der Waals surface area contributed by atoms with E-state index in [-0.39, 0.29) is 0 Å². The number of hydrogen-bond donors (Lipinski definition) is 1. The van der Waals surface area contributed by atoms with Crippen molar-refractivity contribution in [1.29, 1.82) is 0 Å². The third-order valence-corrected chi connectivity index (χ3v) is 1.80. The van der Waals surface area contributed by atoms with Crippen LogP contribution in [0.25, 0.3) is 0 Å². The molecule has 0 saturated heterocycles. The Balaban J connectivity index is 2.05. The van der Waals surface area contributed by atoms with Crippen molar-refractivity contribution in [1.82, 2.24) is 10.6 Å². The smallest absolute Gasteiger partial charge is 0.0735 e. The van der Waals surface area contributed by atoms with E-state index in [1.165, 1.54) is 12.8 Å². The number of hydrogen-bond acceptors (Lipinski definition) is 1. The van der Waals surface area contributed by atoms with Crippen molar-refractivity contribution >= 4 is 0 Å². The molecule has 2 heteroatoms. The van der Waals surface area contributed by atoms with E-state index in [4.69, 9.17) is 0 Å². The lowest BCUT2D eigenvalue weighted by atomic mass is 10.3. The van der Waals surface area contributed by atoms with Gasteiger partial charge in [0, 0.05) is 12.6 Å². The molecule has 1 fully saturated rings. The highest BCUT2D eigenvalue weighted by Gasteiger charge is 2.23. The molecular weight excluding hydrogens is 124 g/mol. The van der Waals surface area contributed by atoms with Crippen molar-refractivity contribution < 1.29 is 0 Å². The van der Waals surface area contributed by atoms with Crippen LogP contribution in [0.15, 0.2) is 0 Å². The van der Waals surface area contributed by atoms with E-state index in [2.05, 4.69) is 24.5 Å². The van der Waals surface area contributed by atoms with E-state index in [1.807, 2.05) is 0 Å². The summed E-state index contributed by atoms with van der Waals surface area (Å²) >= 11 is 0. The van der Waals surface area contributed by atoms with Gasteiger partial charge in [-0.25, -0.2) is 5.32 Å². The van der Waals surface area contributed by atoms with Crippen LogP contribution in [0.2, 0.25) is 0 Å². The molecule has 0 amide bonds. The minimum atomic E-state index is 0.428. The summed E-state index contributed by atoms with van der Waals surface area (Å²) in [6, 6.07) is 0.792. The molecule has 0 aromatic rings. The van der Waals surface area contributed by atoms with Crippen LogP contribution in [-0.2, 0) is 0 Å². The fourth-order valence-electron chi connectivity index (χ4n) is 1.04. The molecule has 0 bridgehead atoms. The van der Waals surface area contributed by atoms with Gasteiger partial charge in [0.2, 0.25) is 0 Å². The maximum atomic E-state index is 4.41. The molecule has 1 unspecified atom stereocenters. The molecule has 1 N–H and O–H groups in total. The van der Waals surface area contributed by atoms with Gasteiger partial charge in [0.05, 0.1) is 6.17 Å². The zero-order valence-electron chi connectivity index (χ0n) is 6.93. The molecule has 0 heterocycles. The Hall–Kier alpha value is -0.0800. The number of nitrogens with zero attached hydrogens (tertiary/aromatic N) is 1. The molecule has 10 heavy (non-hydrogen) atoms. The highest BCUT2D eigenvalue weighted by molar-refractivity contribution is 4.83. The molecule has 1 aliphatic rings. The van der Waals surface area contributed by atoms with Crippen LogP contribution in [0, 0.1) is 0 Å². The number of nitrogens with one attached hydrogen (secondary N) is 1. The van der Waals surface area contributed by atoms with E-state index in [1.54, 1.807) is 0 Å². The highest BCUT2D eigenvalue weighted by atomic mass is 15.1. The van der Waals surface area contributed by atoms with Gasteiger partial charge < -0.3 is 0 Å². The van der Waals surface area contributed by atoms with Gasteiger partial charge in [-0.15, -0.1) is 0 Å². The van der Waals surface area contributed by atoms with E-state index in [0.717, 1.165) is 19.0 Å². The second-order valence-electron chi connectivity index (χ2n) is 2.86. The summed E-state index contributed by atoms with van der Waals surface area (Å²) in [6.07, 6.45) is 4.27. The third kappa shape index (κ3) is 2.67. The van der Waals surface area contributed by atoms with Crippen LogP contribution in [0.4, 0.5) is 0 Å². The molecular formula is C8H17N2. The summed E-state index contributed by atoms with van der Waals surface area (Å²) in [4.78, 5) is 0. The molecule has 1 aliphatic carbocycles. The number of rotatable bonds is 5. The summed E-state index contributed by atoms with van der Waals surface area (Å²) in [5.41, 5.74) is 0. The molecule has 1 atom stereocenters. The first-order valence-electron chi connectivity index (χ1n) is 4.29. The summed E-state index contributed by atoms with van der Waals surface area (Å²) in [5, 5.41) is 7.89. The summed E-state index contributed by atoms with van der Waals surface area (Å²) in [5.74, 6) is 0. The van der Waals surface area contributed by atoms with Gasteiger partial charge in [0.1, 0.15) is 0 Å². The average Bonchev–Trinajstić information content (AvgIpc) is 2.71. The predicted octanol–water partition coefficient (Wildman–Crippen LogP) is 1.10. The zero-order chi connectivity index (χ0) is 7.40. The van der Waals surface area contributed by atoms with Gasteiger partial charge in [0.25, 0.3) is 0 Å². The molecule has 0 aromatic carbocycles. The monoisotopic (exact) mass is 141 g/mol. The standard InChI is InChI=1S/C8H17N2/c1-3-8(9-4-2)10-7-5-6-7/h7-8,10H,3-6H2,1-2H3. The first kappa shape index (κ1) is 8.02. The molecule has 1 saturated carbocycles. The minimum Gasteiger partial charge on any atom is -0.298 e. The quantitative estimate of drug-likeness (QED) is 0.609. The van der Waals surface area contributed by atoms with Crippen LogP contribution in [0.1, 0.15) is 33.1 Å².